The number of anilines is 1. The molecule has 3 rings (SSSR count). The molecular formula is C14H22N6O. The third-order valence-electron chi connectivity index (χ3n) is 4.24. The van der Waals surface area contributed by atoms with E-state index in [1.54, 1.807) is 6.33 Å². The number of aromatic nitrogens is 4. The first-order valence-corrected chi connectivity index (χ1v) is 7.63. The van der Waals surface area contributed by atoms with E-state index in [1.165, 1.54) is 17.2 Å². The van der Waals surface area contributed by atoms with Crippen molar-refractivity contribution in [3.8, 4) is 0 Å². The molecule has 0 radical (unpaired) electrons. The number of rotatable bonds is 4. The molecule has 0 bridgehead atoms. The molecule has 7 heteroatoms. The van der Waals surface area contributed by atoms with E-state index in [9.17, 15) is 4.79 Å². The average molecular weight is 290 g/mol. The number of aromatic amines is 1. The van der Waals surface area contributed by atoms with Crippen LogP contribution in [0.1, 0.15) is 33.1 Å². The summed E-state index contributed by atoms with van der Waals surface area (Å²) in [5, 5.41) is 9.98. The van der Waals surface area contributed by atoms with Crippen molar-refractivity contribution in [3.63, 3.8) is 0 Å². The lowest BCUT2D eigenvalue weighted by Gasteiger charge is -2.40. The molecule has 2 aromatic rings. The van der Waals surface area contributed by atoms with Crippen LogP contribution in [0, 0.1) is 0 Å². The molecule has 114 valence electrons. The van der Waals surface area contributed by atoms with Crippen molar-refractivity contribution < 1.29 is 0 Å². The van der Waals surface area contributed by atoms with Crippen molar-refractivity contribution in [3.05, 3.63) is 22.9 Å². The highest BCUT2D eigenvalue weighted by molar-refractivity contribution is 5.51. The van der Waals surface area contributed by atoms with Crippen LogP contribution in [-0.4, -0.2) is 44.8 Å². The number of hydrogen-bond acceptors (Lipinski definition) is 5. The minimum Gasteiger partial charge on any atom is -0.352 e. The molecule has 2 unspecified atom stereocenters. The van der Waals surface area contributed by atoms with Crippen LogP contribution in [0.3, 0.4) is 0 Å². The maximum Gasteiger partial charge on any atom is 0.348 e. The van der Waals surface area contributed by atoms with Crippen LogP contribution < -0.4 is 15.9 Å². The summed E-state index contributed by atoms with van der Waals surface area (Å²) in [6, 6.07) is 2.73. The van der Waals surface area contributed by atoms with E-state index in [0.717, 1.165) is 25.3 Å². The molecule has 0 saturated carbocycles. The summed E-state index contributed by atoms with van der Waals surface area (Å²) < 4.78 is 1.43. The van der Waals surface area contributed by atoms with Gasteiger partial charge < -0.3 is 10.2 Å². The Bertz CT molecular complexity index is 663. The van der Waals surface area contributed by atoms with Gasteiger partial charge in [-0.1, -0.05) is 6.92 Å². The van der Waals surface area contributed by atoms with E-state index in [1.807, 2.05) is 6.07 Å². The van der Waals surface area contributed by atoms with Crippen LogP contribution in [0.25, 0.3) is 5.65 Å². The Hall–Kier alpha value is -1.89. The van der Waals surface area contributed by atoms with Gasteiger partial charge in [-0.25, -0.2) is 19.3 Å². The van der Waals surface area contributed by atoms with Crippen molar-refractivity contribution in [2.75, 3.05) is 18.0 Å². The largest absolute Gasteiger partial charge is 0.352 e. The van der Waals surface area contributed by atoms with Gasteiger partial charge in [-0.2, -0.15) is 5.10 Å². The SMILES string of the molecule is CCNC(C)C1CCCCN1c1cc2n[nH]c(=O)n2cn1. The van der Waals surface area contributed by atoms with Crippen LogP contribution in [-0.2, 0) is 0 Å². The van der Waals surface area contributed by atoms with Gasteiger partial charge in [0.2, 0.25) is 0 Å². The Morgan fingerprint density at radius 3 is 3.19 bits per heavy atom. The zero-order valence-electron chi connectivity index (χ0n) is 12.5. The lowest BCUT2D eigenvalue weighted by molar-refractivity contribution is 0.370. The standard InChI is InChI=1S/C14H22N6O/c1-3-15-10(2)11-6-4-5-7-19(11)12-8-13-17-18-14(21)20(13)9-16-12/h8-11,15H,3-7H2,1-2H3,(H,18,21). The van der Waals surface area contributed by atoms with Gasteiger partial charge in [0.25, 0.3) is 0 Å². The number of likely N-dealkylation sites (N-methyl/N-ethyl adjacent to an activating group) is 1. The van der Waals surface area contributed by atoms with Gasteiger partial charge >= 0.3 is 5.69 Å². The average Bonchev–Trinajstić information content (AvgIpc) is 2.88. The van der Waals surface area contributed by atoms with Crippen LogP contribution in [0.15, 0.2) is 17.2 Å². The van der Waals surface area contributed by atoms with E-state index < -0.39 is 0 Å². The number of hydrogen-bond donors (Lipinski definition) is 2. The first-order valence-electron chi connectivity index (χ1n) is 7.63. The molecule has 1 saturated heterocycles. The zero-order valence-corrected chi connectivity index (χ0v) is 12.5. The number of H-pyrrole nitrogens is 1. The molecule has 0 aliphatic carbocycles. The van der Waals surface area contributed by atoms with Crippen molar-refractivity contribution in [1.82, 2.24) is 24.9 Å². The number of fused-ring (bicyclic) bond motifs is 1. The Morgan fingerprint density at radius 2 is 2.38 bits per heavy atom. The number of nitrogens with zero attached hydrogens (tertiary/aromatic N) is 4. The zero-order chi connectivity index (χ0) is 14.8. The second-order valence-corrected chi connectivity index (χ2v) is 5.61. The van der Waals surface area contributed by atoms with Crippen molar-refractivity contribution in [1.29, 1.82) is 0 Å². The van der Waals surface area contributed by atoms with Gasteiger partial charge in [0.15, 0.2) is 5.65 Å². The summed E-state index contributed by atoms with van der Waals surface area (Å²) in [4.78, 5) is 18.3. The lowest BCUT2D eigenvalue weighted by Crippen LogP contribution is -2.51. The van der Waals surface area contributed by atoms with Crippen LogP contribution in [0.4, 0.5) is 5.82 Å². The molecule has 0 spiro atoms. The van der Waals surface area contributed by atoms with E-state index in [2.05, 4.69) is 39.2 Å². The van der Waals surface area contributed by atoms with Crippen LogP contribution in [0.5, 0.6) is 0 Å². The smallest absolute Gasteiger partial charge is 0.348 e. The molecule has 1 fully saturated rings. The van der Waals surface area contributed by atoms with Gasteiger partial charge in [0.1, 0.15) is 12.1 Å². The van der Waals surface area contributed by atoms with Gasteiger partial charge in [-0.05, 0) is 32.7 Å². The molecule has 0 aromatic carbocycles. The third-order valence-corrected chi connectivity index (χ3v) is 4.24. The molecule has 1 aliphatic heterocycles. The summed E-state index contributed by atoms with van der Waals surface area (Å²) in [5.74, 6) is 0.899. The highest BCUT2D eigenvalue weighted by Gasteiger charge is 2.28. The monoisotopic (exact) mass is 290 g/mol. The molecule has 7 nitrogen and oxygen atoms in total. The van der Waals surface area contributed by atoms with Crippen molar-refractivity contribution in [2.24, 2.45) is 0 Å². The van der Waals surface area contributed by atoms with Gasteiger partial charge in [0, 0.05) is 24.7 Å². The molecule has 3 heterocycles. The normalized spacial score (nSPS) is 20.9. The van der Waals surface area contributed by atoms with Crippen LogP contribution >= 0.6 is 0 Å². The van der Waals surface area contributed by atoms with Crippen LogP contribution in [0.2, 0.25) is 0 Å². The van der Waals surface area contributed by atoms with Crippen molar-refractivity contribution >= 4 is 11.5 Å². The summed E-state index contributed by atoms with van der Waals surface area (Å²) in [6.45, 7) is 6.32. The van der Waals surface area contributed by atoms with E-state index in [0.29, 0.717) is 17.7 Å². The second-order valence-electron chi connectivity index (χ2n) is 5.61. The molecular weight excluding hydrogens is 268 g/mol. The lowest BCUT2D eigenvalue weighted by atomic mass is 9.96. The molecule has 2 aromatic heterocycles. The maximum atomic E-state index is 11.5. The predicted molar refractivity (Wildman–Crippen MR) is 81.7 cm³/mol. The molecule has 21 heavy (non-hydrogen) atoms. The second kappa shape index (κ2) is 5.85. The molecule has 1 aliphatic rings. The minimum absolute atomic E-state index is 0.250. The number of nitrogens with one attached hydrogen (secondary N) is 2. The first-order chi connectivity index (χ1) is 10.2. The fourth-order valence-corrected chi connectivity index (χ4v) is 3.18. The first kappa shape index (κ1) is 14.1. The maximum absolute atomic E-state index is 11.5. The van der Waals surface area contributed by atoms with Gasteiger partial charge in [-0.3, -0.25) is 0 Å². The summed E-state index contributed by atoms with van der Waals surface area (Å²) in [7, 11) is 0. The summed E-state index contributed by atoms with van der Waals surface area (Å²) in [5.41, 5.74) is 0.366. The topological polar surface area (TPSA) is 78.3 Å². The highest BCUT2D eigenvalue weighted by Crippen LogP contribution is 2.25. The molecule has 2 atom stereocenters. The van der Waals surface area contributed by atoms with E-state index in [-0.39, 0.29) is 5.69 Å². The fraction of sp³-hybridized carbons (Fsp3) is 0.643. The highest BCUT2D eigenvalue weighted by atomic mass is 16.1. The summed E-state index contributed by atoms with van der Waals surface area (Å²) >= 11 is 0. The Labute approximate surface area is 123 Å². The molecule has 2 N–H and O–H groups in total. The number of piperidine rings is 1. The van der Waals surface area contributed by atoms with E-state index in [4.69, 9.17) is 0 Å². The molecule has 0 amide bonds. The quantitative estimate of drug-likeness (QED) is 0.870. The van der Waals surface area contributed by atoms with E-state index >= 15 is 0 Å². The van der Waals surface area contributed by atoms with Crippen molar-refractivity contribution in [2.45, 2.75) is 45.2 Å². The fourth-order valence-electron chi connectivity index (χ4n) is 3.18. The van der Waals surface area contributed by atoms with Gasteiger partial charge in [-0.15, -0.1) is 0 Å². The Kier molecular flexibility index (Phi) is 3.92. The third kappa shape index (κ3) is 2.65. The summed E-state index contributed by atoms with van der Waals surface area (Å²) in [6.07, 6.45) is 5.14. The van der Waals surface area contributed by atoms with Gasteiger partial charge in [0.05, 0.1) is 0 Å². The Balaban J connectivity index is 1.92. The predicted octanol–water partition coefficient (Wildman–Crippen LogP) is 0.774. The minimum atomic E-state index is -0.250. The Morgan fingerprint density at radius 1 is 1.52 bits per heavy atom.